The van der Waals surface area contributed by atoms with Crippen LogP contribution in [0.2, 0.25) is 0 Å². The third kappa shape index (κ3) is 2.35. The van der Waals surface area contributed by atoms with Gasteiger partial charge in [0.1, 0.15) is 0 Å². The fraction of sp³-hybridized carbons (Fsp3) is 0. The van der Waals surface area contributed by atoms with Gasteiger partial charge < -0.3 is 0 Å². The minimum atomic E-state index is -0.453. The Kier molecular flexibility index (Phi) is 3.12. The van der Waals surface area contributed by atoms with Gasteiger partial charge in [-0.1, -0.05) is 30.3 Å². The number of thiophene rings is 1. The Morgan fingerprint density at radius 3 is 2.69 bits per heavy atom. The van der Waals surface area contributed by atoms with Crippen molar-refractivity contribution in [1.29, 1.82) is 0 Å². The number of rotatable bonds is 3. The average Bonchev–Trinajstić information content (AvgIpc) is 2.80. The standard InChI is InChI=1S/C12H9NO2S/c14-13(15)8-7-10-4-1-2-5-11(10)12-6-3-9-16-12/h1-9H. The highest BCUT2D eigenvalue weighted by Crippen LogP contribution is 2.28. The smallest absolute Gasteiger partial charge is 0.235 e. The van der Waals surface area contributed by atoms with Crippen molar-refractivity contribution in [3.05, 3.63) is 63.7 Å². The van der Waals surface area contributed by atoms with Gasteiger partial charge in [-0.2, -0.15) is 0 Å². The van der Waals surface area contributed by atoms with Crippen molar-refractivity contribution < 1.29 is 4.92 Å². The first kappa shape index (κ1) is 10.6. The van der Waals surface area contributed by atoms with Crippen molar-refractivity contribution in [1.82, 2.24) is 0 Å². The molecule has 0 aliphatic heterocycles. The van der Waals surface area contributed by atoms with Gasteiger partial charge in [-0.05, 0) is 22.6 Å². The number of hydrogen-bond donors (Lipinski definition) is 0. The minimum Gasteiger partial charge on any atom is -0.259 e. The van der Waals surface area contributed by atoms with Gasteiger partial charge in [-0.25, -0.2) is 0 Å². The Hall–Kier alpha value is -1.94. The van der Waals surface area contributed by atoms with E-state index in [0.717, 1.165) is 22.2 Å². The molecule has 0 saturated heterocycles. The normalized spacial score (nSPS) is 10.8. The van der Waals surface area contributed by atoms with Crippen LogP contribution in [-0.2, 0) is 0 Å². The van der Waals surface area contributed by atoms with Gasteiger partial charge in [-0.15, -0.1) is 11.3 Å². The van der Waals surface area contributed by atoms with Crippen molar-refractivity contribution in [3.8, 4) is 10.4 Å². The summed E-state index contributed by atoms with van der Waals surface area (Å²) < 4.78 is 0. The highest BCUT2D eigenvalue weighted by atomic mass is 32.1. The summed E-state index contributed by atoms with van der Waals surface area (Å²) in [6.45, 7) is 0. The monoisotopic (exact) mass is 231 g/mol. The van der Waals surface area contributed by atoms with Crippen molar-refractivity contribution in [2.75, 3.05) is 0 Å². The van der Waals surface area contributed by atoms with E-state index < -0.39 is 4.92 Å². The lowest BCUT2D eigenvalue weighted by molar-refractivity contribution is -0.400. The number of benzene rings is 1. The van der Waals surface area contributed by atoms with E-state index in [4.69, 9.17) is 0 Å². The summed E-state index contributed by atoms with van der Waals surface area (Å²) >= 11 is 1.62. The molecule has 0 amide bonds. The molecule has 80 valence electrons. The maximum absolute atomic E-state index is 10.3. The van der Waals surface area contributed by atoms with E-state index in [2.05, 4.69) is 0 Å². The van der Waals surface area contributed by atoms with Crippen LogP contribution in [-0.4, -0.2) is 4.92 Å². The van der Waals surface area contributed by atoms with Gasteiger partial charge >= 0.3 is 0 Å². The lowest BCUT2D eigenvalue weighted by atomic mass is 10.1. The molecule has 0 unspecified atom stereocenters. The largest absolute Gasteiger partial charge is 0.259 e. The second-order valence-corrected chi connectivity index (χ2v) is 4.11. The van der Waals surface area contributed by atoms with Crippen LogP contribution in [0.25, 0.3) is 16.5 Å². The summed E-state index contributed by atoms with van der Waals surface area (Å²) in [7, 11) is 0. The van der Waals surface area contributed by atoms with Crippen LogP contribution in [0.1, 0.15) is 5.56 Å². The molecule has 4 heteroatoms. The molecular weight excluding hydrogens is 222 g/mol. The first-order chi connectivity index (χ1) is 7.77. The van der Waals surface area contributed by atoms with Crippen LogP contribution in [0.4, 0.5) is 0 Å². The van der Waals surface area contributed by atoms with Gasteiger partial charge in [-0.3, -0.25) is 10.1 Å². The molecule has 3 nitrogen and oxygen atoms in total. The van der Waals surface area contributed by atoms with E-state index in [1.165, 1.54) is 6.08 Å². The summed E-state index contributed by atoms with van der Waals surface area (Å²) in [4.78, 5) is 11.0. The Morgan fingerprint density at radius 2 is 2.00 bits per heavy atom. The van der Waals surface area contributed by atoms with Crippen molar-refractivity contribution >= 4 is 17.4 Å². The molecule has 0 aliphatic rings. The molecule has 0 bridgehead atoms. The number of nitrogens with zero attached hydrogens (tertiary/aromatic N) is 1. The molecule has 1 heterocycles. The summed E-state index contributed by atoms with van der Waals surface area (Å²) in [6.07, 6.45) is 2.49. The van der Waals surface area contributed by atoms with Crippen LogP contribution in [0.15, 0.2) is 48.0 Å². The minimum absolute atomic E-state index is 0.453. The highest BCUT2D eigenvalue weighted by Gasteiger charge is 2.03. The van der Waals surface area contributed by atoms with Crippen LogP contribution in [0.3, 0.4) is 0 Å². The molecular formula is C12H9NO2S. The Morgan fingerprint density at radius 1 is 1.19 bits per heavy atom. The molecule has 0 N–H and O–H groups in total. The topological polar surface area (TPSA) is 43.1 Å². The molecule has 1 aromatic carbocycles. The number of nitro groups is 1. The molecule has 0 radical (unpaired) electrons. The lowest BCUT2D eigenvalue weighted by Crippen LogP contribution is -1.84. The Labute approximate surface area is 96.8 Å². The molecule has 0 aliphatic carbocycles. The van der Waals surface area contributed by atoms with E-state index in [0.29, 0.717) is 0 Å². The predicted molar refractivity (Wildman–Crippen MR) is 65.8 cm³/mol. The van der Waals surface area contributed by atoms with Crippen LogP contribution < -0.4 is 0 Å². The average molecular weight is 231 g/mol. The zero-order chi connectivity index (χ0) is 11.4. The number of hydrogen-bond acceptors (Lipinski definition) is 3. The van der Waals surface area contributed by atoms with Crippen LogP contribution in [0.5, 0.6) is 0 Å². The second-order valence-electron chi connectivity index (χ2n) is 3.17. The van der Waals surface area contributed by atoms with E-state index in [1.807, 2.05) is 41.8 Å². The fourth-order valence-electron chi connectivity index (χ4n) is 1.44. The van der Waals surface area contributed by atoms with Gasteiger partial charge in [0.15, 0.2) is 0 Å². The third-order valence-electron chi connectivity index (χ3n) is 2.12. The maximum atomic E-state index is 10.3. The van der Waals surface area contributed by atoms with Crippen LogP contribution >= 0.6 is 11.3 Å². The summed E-state index contributed by atoms with van der Waals surface area (Å²) in [5, 5.41) is 12.3. The molecule has 0 atom stereocenters. The van der Waals surface area contributed by atoms with Crippen molar-refractivity contribution in [2.45, 2.75) is 0 Å². The van der Waals surface area contributed by atoms with Gasteiger partial charge in [0.25, 0.3) is 0 Å². The first-order valence-corrected chi connectivity index (χ1v) is 5.60. The first-order valence-electron chi connectivity index (χ1n) is 4.72. The molecule has 0 spiro atoms. The Bertz CT molecular complexity index is 518. The third-order valence-corrected chi connectivity index (χ3v) is 3.03. The summed E-state index contributed by atoms with van der Waals surface area (Å²) in [6, 6.07) is 11.6. The quantitative estimate of drug-likeness (QED) is 0.597. The molecule has 2 rings (SSSR count). The second kappa shape index (κ2) is 4.72. The van der Waals surface area contributed by atoms with Gasteiger partial charge in [0.2, 0.25) is 6.20 Å². The van der Waals surface area contributed by atoms with E-state index in [1.54, 1.807) is 11.3 Å². The molecule has 0 fully saturated rings. The Balaban J connectivity index is 2.42. The van der Waals surface area contributed by atoms with Crippen molar-refractivity contribution in [3.63, 3.8) is 0 Å². The lowest BCUT2D eigenvalue weighted by Gasteiger charge is -2.01. The van der Waals surface area contributed by atoms with Crippen LogP contribution in [0, 0.1) is 10.1 Å². The fourth-order valence-corrected chi connectivity index (χ4v) is 2.21. The van der Waals surface area contributed by atoms with Gasteiger partial charge in [0, 0.05) is 11.0 Å². The maximum Gasteiger partial charge on any atom is 0.235 e. The molecule has 1 aromatic heterocycles. The van der Waals surface area contributed by atoms with Crippen molar-refractivity contribution in [2.24, 2.45) is 0 Å². The zero-order valence-electron chi connectivity index (χ0n) is 8.37. The summed E-state index contributed by atoms with van der Waals surface area (Å²) in [5.41, 5.74) is 1.89. The highest BCUT2D eigenvalue weighted by molar-refractivity contribution is 7.13. The predicted octanol–water partition coefficient (Wildman–Crippen LogP) is 3.66. The molecule has 16 heavy (non-hydrogen) atoms. The zero-order valence-corrected chi connectivity index (χ0v) is 9.18. The van der Waals surface area contributed by atoms with Gasteiger partial charge in [0.05, 0.1) is 4.92 Å². The summed E-state index contributed by atoms with van der Waals surface area (Å²) in [5.74, 6) is 0. The van der Waals surface area contributed by atoms with E-state index >= 15 is 0 Å². The molecule has 2 aromatic rings. The van der Waals surface area contributed by atoms with E-state index in [-0.39, 0.29) is 0 Å². The SMILES string of the molecule is O=[N+]([O-])C=Cc1ccccc1-c1cccs1. The molecule has 0 saturated carbocycles. The van der Waals surface area contributed by atoms with E-state index in [9.17, 15) is 10.1 Å².